The number of rotatable bonds is 4. The van der Waals surface area contributed by atoms with Crippen LogP contribution in [0, 0.1) is 17.8 Å². The van der Waals surface area contributed by atoms with Crippen molar-refractivity contribution in [2.75, 3.05) is 0 Å². The molecule has 1 saturated carbocycles. The maximum Gasteiger partial charge on any atom is 0.239 e. The van der Waals surface area contributed by atoms with Gasteiger partial charge in [-0.25, -0.2) is 9.78 Å². The highest BCUT2D eigenvalue weighted by molar-refractivity contribution is 4.88. The van der Waals surface area contributed by atoms with E-state index in [2.05, 4.69) is 20.8 Å². The average Bonchev–Trinajstić information content (AvgIpc) is 2.24. The molecular formula is C17H34O4. The van der Waals surface area contributed by atoms with Crippen molar-refractivity contribution in [1.82, 2.24) is 0 Å². The van der Waals surface area contributed by atoms with Crippen molar-refractivity contribution in [2.45, 2.75) is 92.1 Å². The van der Waals surface area contributed by atoms with Gasteiger partial charge >= 0.3 is 0 Å². The predicted octanol–water partition coefficient (Wildman–Crippen LogP) is 4.88. The van der Waals surface area contributed by atoms with Crippen molar-refractivity contribution in [2.24, 2.45) is 17.8 Å². The molecule has 1 fully saturated rings. The summed E-state index contributed by atoms with van der Waals surface area (Å²) in [7, 11) is 0. The van der Waals surface area contributed by atoms with E-state index in [0.29, 0.717) is 5.92 Å². The molecule has 0 bridgehead atoms. The topological polar surface area (TPSA) is 36.9 Å². The Morgan fingerprint density at radius 2 is 1.05 bits per heavy atom. The van der Waals surface area contributed by atoms with Gasteiger partial charge < -0.3 is 0 Å². The third-order valence-electron chi connectivity index (χ3n) is 3.73. The zero-order chi connectivity index (χ0) is 16.5. The summed E-state index contributed by atoms with van der Waals surface area (Å²) in [5, 5.41) is 0. The Balaban J connectivity index is 2.92. The third kappa shape index (κ3) is 5.51. The Kier molecular flexibility index (Phi) is 5.87. The summed E-state index contributed by atoms with van der Waals surface area (Å²) in [6.07, 6.45) is 2.07. The van der Waals surface area contributed by atoms with Gasteiger partial charge in [-0.05, 0) is 60.3 Å². The van der Waals surface area contributed by atoms with E-state index in [4.69, 9.17) is 19.6 Å². The van der Waals surface area contributed by atoms with Gasteiger partial charge in [0.15, 0.2) is 0 Å². The van der Waals surface area contributed by atoms with Gasteiger partial charge in [-0.1, -0.05) is 20.8 Å². The Bertz CT molecular complexity index is 295. The van der Waals surface area contributed by atoms with Crippen LogP contribution in [0.15, 0.2) is 0 Å². The molecule has 1 aliphatic rings. The Labute approximate surface area is 130 Å². The molecule has 4 heteroatoms. The molecule has 126 valence electrons. The molecule has 0 N–H and O–H groups in total. The second kappa shape index (κ2) is 6.53. The van der Waals surface area contributed by atoms with Gasteiger partial charge in [0.1, 0.15) is 0 Å². The van der Waals surface area contributed by atoms with Crippen LogP contribution in [-0.4, -0.2) is 17.0 Å². The highest BCUT2D eigenvalue weighted by atomic mass is 17.3. The monoisotopic (exact) mass is 302 g/mol. The normalized spacial score (nSPS) is 30.4. The average molecular weight is 302 g/mol. The first-order valence-electron chi connectivity index (χ1n) is 8.09. The van der Waals surface area contributed by atoms with Crippen LogP contribution >= 0.6 is 0 Å². The van der Waals surface area contributed by atoms with E-state index in [1.807, 2.05) is 41.5 Å². The maximum absolute atomic E-state index is 5.86. The SMILES string of the molecule is CC1CC(C)C(OOC(C)(C)C)(OOC(C)(C)C)C(C)C1. The first-order chi connectivity index (χ1) is 9.36. The maximum atomic E-state index is 5.86. The molecule has 0 amide bonds. The summed E-state index contributed by atoms with van der Waals surface area (Å²) in [4.78, 5) is 22.9. The summed E-state index contributed by atoms with van der Waals surface area (Å²) in [5.41, 5.74) is -0.777. The van der Waals surface area contributed by atoms with Gasteiger partial charge in [0.2, 0.25) is 5.79 Å². The Hall–Kier alpha value is -0.160. The van der Waals surface area contributed by atoms with E-state index >= 15 is 0 Å². The molecule has 4 nitrogen and oxygen atoms in total. The lowest BCUT2D eigenvalue weighted by atomic mass is 9.73. The van der Waals surface area contributed by atoms with Crippen LogP contribution in [0.2, 0.25) is 0 Å². The lowest BCUT2D eigenvalue weighted by Crippen LogP contribution is -2.53. The van der Waals surface area contributed by atoms with Gasteiger partial charge in [-0.3, -0.25) is 0 Å². The van der Waals surface area contributed by atoms with Crippen LogP contribution in [0.1, 0.15) is 75.2 Å². The minimum atomic E-state index is -0.854. The molecule has 0 aromatic carbocycles. The molecule has 0 aliphatic heterocycles. The van der Waals surface area contributed by atoms with Crippen LogP contribution < -0.4 is 0 Å². The van der Waals surface area contributed by atoms with Crippen LogP contribution in [0.3, 0.4) is 0 Å². The lowest BCUT2D eigenvalue weighted by Gasteiger charge is -2.47. The molecule has 2 unspecified atom stereocenters. The minimum absolute atomic E-state index is 0.195. The van der Waals surface area contributed by atoms with Crippen molar-refractivity contribution in [3.8, 4) is 0 Å². The van der Waals surface area contributed by atoms with E-state index in [1.165, 1.54) is 0 Å². The molecule has 0 aromatic heterocycles. The lowest BCUT2D eigenvalue weighted by molar-refractivity contribution is -0.565. The van der Waals surface area contributed by atoms with E-state index in [1.54, 1.807) is 0 Å². The summed E-state index contributed by atoms with van der Waals surface area (Å²) < 4.78 is 0. The summed E-state index contributed by atoms with van der Waals surface area (Å²) in [5.74, 6) is 0.189. The molecular weight excluding hydrogens is 268 g/mol. The number of hydrogen-bond donors (Lipinski definition) is 0. The van der Waals surface area contributed by atoms with Gasteiger partial charge in [-0.2, -0.15) is 9.78 Å². The summed E-state index contributed by atoms with van der Waals surface area (Å²) in [6.45, 7) is 18.3. The molecule has 0 spiro atoms. The molecule has 2 atom stereocenters. The van der Waals surface area contributed by atoms with Crippen molar-refractivity contribution in [1.29, 1.82) is 0 Å². The fourth-order valence-electron chi connectivity index (χ4n) is 2.84. The van der Waals surface area contributed by atoms with Crippen LogP contribution in [0.4, 0.5) is 0 Å². The molecule has 0 heterocycles. The fourth-order valence-corrected chi connectivity index (χ4v) is 2.84. The smallest absolute Gasteiger partial charge is 0.228 e. The molecule has 21 heavy (non-hydrogen) atoms. The van der Waals surface area contributed by atoms with Gasteiger partial charge in [0.25, 0.3) is 0 Å². The third-order valence-corrected chi connectivity index (χ3v) is 3.73. The van der Waals surface area contributed by atoms with Crippen LogP contribution in [0.5, 0.6) is 0 Å². The van der Waals surface area contributed by atoms with E-state index < -0.39 is 5.79 Å². The highest BCUT2D eigenvalue weighted by Crippen LogP contribution is 2.45. The standard InChI is InChI=1S/C17H34O4/c1-12-10-13(2)17(14(3)11-12,20-18-15(4,5)6)21-19-16(7,8)9/h12-14H,10-11H2,1-9H3. The predicted molar refractivity (Wildman–Crippen MR) is 83.3 cm³/mol. The second-order valence-electron chi connectivity index (χ2n) is 8.66. The highest BCUT2D eigenvalue weighted by Gasteiger charge is 2.52. The van der Waals surface area contributed by atoms with Gasteiger partial charge in [0.05, 0.1) is 11.2 Å². The van der Waals surface area contributed by atoms with Crippen LogP contribution in [-0.2, 0) is 19.6 Å². The van der Waals surface area contributed by atoms with E-state index in [9.17, 15) is 0 Å². The Morgan fingerprint density at radius 1 is 0.714 bits per heavy atom. The van der Waals surface area contributed by atoms with Crippen molar-refractivity contribution in [3.05, 3.63) is 0 Å². The zero-order valence-electron chi connectivity index (χ0n) is 15.3. The summed E-state index contributed by atoms with van der Waals surface area (Å²) in [6, 6.07) is 0. The van der Waals surface area contributed by atoms with Gasteiger partial charge in [0, 0.05) is 11.8 Å². The van der Waals surface area contributed by atoms with Gasteiger partial charge in [-0.15, -0.1) is 0 Å². The molecule has 1 aliphatic carbocycles. The molecule has 0 radical (unpaired) electrons. The first-order valence-corrected chi connectivity index (χ1v) is 8.09. The fraction of sp³-hybridized carbons (Fsp3) is 1.00. The quantitative estimate of drug-likeness (QED) is 0.421. The molecule has 0 aromatic rings. The van der Waals surface area contributed by atoms with E-state index in [0.717, 1.165) is 12.8 Å². The van der Waals surface area contributed by atoms with Crippen molar-refractivity contribution in [3.63, 3.8) is 0 Å². The Morgan fingerprint density at radius 3 is 1.33 bits per heavy atom. The van der Waals surface area contributed by atoms with Crippen molar-refractivity contribution >= 4 is 0 Å². The largest absolute Gasteiger partial charge is 0.239 e. The number of hydrogen-bond acceptors (Lipinski definition) is 4. The molecule has 0 saturated heterocycles. The second-order valence-corrected chi connectivity index (χ2v) is 8.66. The van der Waals surface area contributed by atoms with Crippen LogP contribution in [0.25, 0.3) is 0 Å². The zero-order valence-corrected chi connectivity index (χ0v) is 15.3. The minimum Gasteiger partial charge on any atom is -0.228 e. The van der Waals surface area contributed by atoms with E-state index in [-0.39, 0.29) is 23.0 Å². The van der Waals surface area contributed by atoms with Crippen molar-refractivity contribution < 1.29 is 19.6 Å². The first kappa shape index (κ1) is 18.9. The molecule has 1 rings (SSSR count). The summed E-state index contributed by atoms with van der Waals surface area (Å²) >= 11 is 0.